The molecular formula is C9H8N2O. The predicted octanol–water partition coefficient (Wildman–Crippen LogP) is 1.36. The molecular weight excluding hydrogens is 152 g/mol. The van der Waals surface area contributed by atoms with Crippen LogP contribution in [0.5, 0.6) is 0 Å². The van der Waals surface area contributed by atoms with E-state index in [9.17, 15) is 4.79 Å². The lowest BCUT2D eigenvalue weighted by atomic mass is 10.2. The van der Waals surface area contributed by atoms with Crippen LogP contribution in [0.2, 0.25) is 0 Å². The summed E-state index contributed by atoms with van der Waals surface area (Å²) in [6, 6.07) is 1.89. The number of aryl methyl sites for hydroxylation is 1. The highest BCUT2D eigenvalue weighted by atomic mass is 16.2. The first-order valence-corrected chi connectivity index (χ1v) is 3.66. The van der Waals surface area contributed by atoms with E-state index in [0.717, 1.165) is 11.3 Å². The lowest BCUT2D eigenvalue weighted by molar-refractivity contribution is -0.110. The summed E-state index contributed by atoms with van der Waals surface area (Å²) in [6.07, 6.45) is 1.73. The Morgan fingerprint density at radius 2 is 2.33 bits per heavy atom. The second-order valence-electron chi connectivity index (χ2n) is 2.84. The van der Waals surface area contributed by atoms with Gasteiger partial charge in [-0.3, -0.25) is 9.78 Å². The molecule has 1 amide bonds. The fourth-order valence-corrected chi connectivity index (χ4v) is 1.21. The van der Waals surface area contributed by atoms with E-state index >= 15 is 0 Å². The van der Waals surface area contributed by atoms with Gasteiger partial charge in [0.05, 0.1) is 17.0 Å². The third kappa shape index (κ3) is 0.830. The number of rotatable bonds is 0. The summed E-state index contributed by atoms with van der Waals surface area (Å²) in [5.74, 6) is -0.150. The highest BCUT2D eigenvalue weighted by molar-refractivity contribution is 6.30. The van der Waals surface area contributed by atoms with Crippen molar-refractivity contribution in [3.8, 4) is 0 Å². The van der Waals surface area contributed by atoms with Crippen LogP contribution in [0.1, 0.15) is 11.3 Å². The van der Waals surface area contributed by atoms with Crippen molar-refractivity contribution in [3.05, 3.63) is 30.1 Å². The molecule has 1 aliphatic heterocycles. The van der Waals surface area contributed by atoms with Crippen LogP contribution in [0.4, 0.5) is 5.69 Å². The number of carbonyl (C=O) groups is 1. The molecule has 0 unspecified atom stereocenters. The Balaban J connectivity index is 2.62. The maximum atomic E-state index is 11.1. The molecule has 0 aromatic carbocycles. The summed E-state index contributed by atoms with van der Waals surface area (Å²) in [4.78, 5) is 15.2. The molecule has 60 valence electrons. The third-order valence-corrected chi connectivity index (χ3v) is 1.83. The number of anilines is 1. The normalized spacial score (nSPS) is 14.4. The molecule has 0 bridgehead atoms. The summed E-state index contributed by atoms with van der Waals surface area (Å²) in [5.41, 5.74) is 2.92. The standard InChI is InChI=1S/C9H8N2O/c1-5-3-7-8(10-4-5)6(2)9(12)11-7/h3-4H,2H2,1H3,(H,11,12). The van der Waals surface area contributed by atoms with E-state index in [4.69, 9.17) is 0 Å². The van der Waals surface area contributed by atoms with Gasteiger partial charge in [-0.15, -0.1) is 0 Å². The van der Waals surface area contributed by atoms with Crippen LogP contribution in [-0.4, -0.2) is 10.9 Å². The molecule has 0 aliphatic carbocycles. The number of amides is 1. The Kier molecular flexibility index (Phi) is 1.27. The van der Waals surface area contributed by atoms with Crippen molar-refractivity contribution < 1.29 is 4.79 Å². The first-order valence-electron chi connectivity index (χ1n) is 3.66. The van der Waals surface area contributed by atoms with Crippen LogP contribution in [-0.2, 0) is 4.79 Å². The Labute approximate surface area is 70.1 Å². The number of carbonyl (C=O) groups excluding carboxylic acids is 1. The quantitative estimate of drug-likeness (QED) is 0.582. The monoisotopic (exact) mass is 160 g/mol. The van der Waals surface area contributed by atoms with Gasteiger partial charge in [-0.1, -0.05) is 6.58 Å². The molecule has 0 spiro atoms. The highest BCUT2D eigenvalue weighted by Gasteiger charge is 2.22. The number of pyridine rings is 1. The lowest BCUT2D eigenvalue weighted by Gasteiger charge is -1.96. The van der Waals surface area contributed by atoms with Gasteiger partial charge in [0, 0.05) is 6.20 Å². The summed E-state index contributed by atoms with van der Waals surface area (Å²) in [7, 11) is 0. The topological polar surface area (TPSA) is 42.0 Å². The van der Waals surface area contributed by atoms with Crippen molar-refractivity contribution in [1.29, 1.82) is 0 Å². The van der Waals surface area contributed by atoms with Gasteiger partial charge in [-0.2, -0.15) is 0 Å². The molecule has 12 heavy (non-hydrogen) atoms. The molecule has 0 atom stereocenters. The summed E-state index contributed by atoms with van der Waals surface area (Å²) < 4.78 is 0. The maximum absolute atomic E-state index is 11.1. The minimum atomic E-state index is -0.150. The second-order valence-corrected chi connectivity index (χ2v) is 2.84. The molecule has 2 heterocycles. The molecule has 2 rings (SSSR count). The van der Waals surface area contributed by atoms with Gasteiger partial charge in [-0.25, -0.2) is 0 Å². The molecule has 1 aromatic heterocycles. The predicted molar refractivity (Wildman–Crippen MR) is 46.6 cm³/mol. The summed E-state index contributed by atoms with van der Waals surface area (Å²) in [5, 5.41) is 2.69. The Hall–Kier alpha value is -1.64. The molecule has 1 aliphatic rings. The van der Waals surface area contributed by atoms with E-state index in [1.54, 1.807) is 6.20 Å². The molecule has 1 N–H and O–H groups in total. The van der Waals surface area contributed by atoms with E-state index in [2.05, 4.69) is 16.9 Å². The SMILES string of the molecule is C=C1C(=O)Nc2cc(C)cnc21. The van der Waals surface area contributed by atoms with Crippen molar-refractivity contribution in [2.75, 3.05) is 5.32 Å². The average Bonchev–Trinajstić information content (AvgIpc) is 2.28. The van der Waals surface area contributed by atoms with Crippen molar-refractivity contribution in [2.45, 2.75) is 6.92 Å². The van der Waals surface area contributed by atoms with Crippen LogP contribution in [0, 0.1) is 6.92 Å². The van der Waals surface area contributed by atoms with Crippen LogP contribution < -0.4 is 5.32 Å². The first-order chi connectivity index (χ1) is 5.68. The van der Waals surface area contributed by atoms with Gasteiger partial charge in [0.2, 0.25) is 0 Å². The van der Waals surface area contributed by atoms with Crippen molar-refractivity contribution in [3.63, 3.8) is 0 Å². The van der Waals surface area contributed by atoms with Gasteiger partial charge < -0.3 is 5.32 Å². The molecule has 0 fully saturated rings. The van der Waals surface area contributed by atoms with E-state index in [0.29, 0.717) is 11.3 Å². The van der Waals surface area contributed by atoms with Crippen LogP contribution in [0.15, 0.2) is 18.8 Å². The molecule has 3 nitrogen and oxygen atoms in total. The molecule has 0 radical (unpaired) electrons. The maximum Gasteiger partial charge on any atom is 0.257 e. The van der Waals surface area contributed by atoms with Gasteiger partial charge in [0.25, 0.3) is 5.91 Å². The van der Waals surface area contributed by atoms with E-state index in [-0.39, 0.29) is 5.91 Å². The van der Waals surface area contributed by atoms with E-state index < -0.39 is 0 Å². The Morgan fingerprint density at radius 3 is 3.08 bits per heavy atom. The van der Waals surface area contributed by atoms with Gasteiger partial charge >= 0.3 is 0 Å². The number of fused-ring (bicyclic) bond motifs is 1. The summed E-state index contributed by atoms with van der Waals surface area (Å²) >= 11 is 0. The first kappa shape index (κ1) is 7.03. The lowest BCUT2D eigenvalue weighted by Crippen LogP contribution is -2.02. The van der Waals surface area contributed by atoms with E-state index in [1.807, 2.05) is 13.0 Å². The Bertz CT molecular complexity index is 382. The fourth-order valence-electron chi connectivity index (χ4n) is 1.21. The average molecular weight is 160 g/mol. The molecule has 1 aromatic rings. The van der Waals surface area contributed by atoms with Gasteiger partial charge in [0.1, 0.15) is 0 Å². The smallest absolute Gasteiger partial charge is 0.257 e. The number of hydrogen-bond donors (Lipinski definition) is 1. The van der Waals surface area contributed by atoms with Crippen LogP contribution in [0.3, 0.4) is 0 Å². The third-order valence-electron chi connectivity index (χ3n) is 1.83. The van der Waals surface area contributed by atoms with Crippen molar-refractivity contribution in [2.24, 2.45) is 0 Å². The van der Waals surface area contributed by atoms with Crippen LogP contribution >= 0.6 is 0 Å². The van der Waals surface area contributed by atoms with Crippen molar-refractivity contribution in [1.82, 2.24) is 4.98 Å². The number of nitrogens with one attached hydrogen (secondary N) is 1. The number of hydrogen-bond acceptors (Lipinski definition) is 2. The van der Waals surface area contributed by atoms with E-state index in [1.165, 1.54) is 0 Å². The van der Waals surface area contributed by atoms with Gasteiger partial charge in [0.15, 0.2) is 0 Å². The van der Waals surface area contributed by atoms with Crippen molar-refractivity contribution >= 4 is 17.2 Å². The molecule has 0 saturated heterocycles. The fraction of sp³-hybridized carbons (Fsp3) is 0.111. The second kappa shape index (κ2) is 2.17. The minimum absolute atomic E-state index is 0.150. The highest BCUT2D eigenvalue weighted by Crippen LogP contribution is 2.28. The minimum Gasteiger partial charge on any atom is -0.320 e. The zero-order valence-electron chi connectivity index (χ0n) is 6.72. The molecule has 0 saturated carbocycles. The molecule has 3 heteroatoms. The Morgan fingerprint density at radius 1 is 1.58 bits per heavy atom. The number of aromatic nitrogens is 1. The largest absolute Gasteiger partial charge is 0.320 e. The zero-order valence-corrected chi connectivity index (χ0v) is 6.72. The zero-order chi connectivity index (χ0) is 8.72. The number of nitrogens with zero attached hydrogens (tertiary/aromatic N) is 1. The summed E-state index contributed by atoms with van der Waals surface area (Å²) in [6.45, 7) is 5.56. The van der Waals surface area contributed by atoms with Gasteiger partial charge in [-0.05, 0) is 18.6 Å². The van der Waals surface area contributed by atoms with Crippen LogP contribution in [0.25, 0.3) is 5.57 Å².